The summed E-state index contributed by atoms with van der Waals surface area (Å²) in [6.45, 7) is 0.531. The van der Waals surface area contributed by atoms with Gasteiger partial charge in [-0.15, -0.1) is 0 Å². The van der Waals surface area contributed by atoms with E-state index in [0.717, 1.165) is 16.6 Å². The highest BCUT2D eigenvalue weighted by molar-refractivity contribution is 7.07. The van der Waals surface area contributed by atoms with E-state index in [1.54, 1.807) is 50.1 Å². The lowest BCUT2D eigenvalue weighted by Gasteiger charge is -2.14. The number of aromatic nitrogens is 3. The van der Waals surface area contributed by atoms with Gasteiger partial charge in [0.25, 0.3) is 5.91 Å². The zero-order chi connectivity index (χ0) is 22.7. The number of hydrogen-bond acceptors (Lipinski definition) is 8. The molecule has 0 aliphatic carbocycles. The molecule has 4 rings (SSSR count). The van der Waals surface area contributed by atoms with Crippen molar-refractivity contribution in [2.45, 2.75) is 12.5 Å². The van der Waals surface area contributed by atoms with Gasteiger partial charge in [0.15, 0.2) is 11.5 Å². The van der Waals surface area contributed by atoms with Gasteiger partial charge in [0.05, 0.1) is 30.8 Å². The summed E-state index contributed by atoms with van der Waals surface area (Å²) in [4.78, 5) is 21.0. The second-order valence-corrected chi connectivity index (χ2v) is 7.90. The van der Waals surface area contributed by atoms with Crippen LogP contribution in [0.5, 0.6) is 11.5 Å². The number of hydrogen-bond donors (Lipinski definition) is 3. The van der Waals surface area contributed by atoms with Crippen LogP contribution < -0.4 is 26.3 Å². The summed E-state index contributed by atoms with van der Waals surface area (Å²) >= 11 is 1.61. The molecule has 9 nitrogen and oxygen atoms in total. The number of anilines is 1. The Hall–Kier alpha value is -3.63. The number of rotatable bonds is 9. The van der Waals surface area contributed by atoms with Crippen LogP contribution in [0.1, 0.15) is 28.4 Å². The normalized spacial score (nSPS) is 12.0. The number of benzene rings is 1. The minimum Gasteiger partial charge on any atom is -0.493 e. The van der Waals surface area contributed by atoms with Crippen molar-refractivity contribution in [3.63, 3.8) is 0 Å². The first-order valence-electron chi connectivity index (χ1n) is 9.93. The Labute approximate surface area is 189 Å². The number of thiophene rings is 1. The molecule has 0 radical (unpaired) electrons. The number of fused-ring (bicyclic) bond motifs is 1. The molecule has 4 aromatic rings. The van der Waals surface area contributed by atoms with Crippen molar-refractivity contribution < 1.29 is 14.3 Å². The van der Waals surface area contributed by atoms with Crippen LogP contribution in [0.2, 0.25) is 0 Å². The van der Waals surface area contributed by atoms with Gasteiger partial charge in [-0.3, -0.25) is 9.36 Å². The van der Waals surface area contributed by atoms with E-state index in [9.17, 15) is 4.79 Å². The Kier molecular flexibility index (Phi) is 6.24. The summed E-state index contributed by atoms with van der Waals surface area (Å²) in [5.74, 6) is 1.59. The highest BCUT2D eigenvalue weighted by atomic mass is 32.1. The van der Waals surface area contributed by atoms with E-state index in [-0.39, 0.29) is 6.04 Å². The zero-order valence-corrected chi connectivity index (χ0v) is 18.6. The van der Waals surface area contributed by atoms with E-state index in [4.69, 9.17) is 20.9 Å². The van der Waals surface area contributed by atoms with Crippen molar-refractivity contribution in [1.29, 1.82) is 0 Å². The second-order valence-electron chi connectivity index (χ2n) is 7.12. The van der Waals surface area contributed by atoms with Gasteiger partial charge in [-0.1, -0.05) is 0 Å². The third-order valence-corrected chi connectivity index (χ3v) is 5.87. The zero-order valence-electron chi connectivity index (χ0n) is 17.7. The maximum absolute atomic E-state index is 11.9. The summed E-state index contributed by atoms with van der Waals surface area (Å²) < 4.78 is 12.6. The molecule has 10 heteroatoms. The van der Waals surface area contributed by atoms with Crippen LogP contribution in [0.15, 0.2) is 47.4 Å². The van der Waals surface area contributed by atoms with Crippen LogP contribution >= 0.6 is 11.3 Å². The molecule has 0 saturated heterocycles. The number of methoxy groups -OCH3 is 2. The summed E-state index contributed by atoms with van der Waals surface area (Å²) in [5.41, 5.74) is 14.7. The lowest BCUT2D eigenvalue weighted by atomic mass is 10.1. The van der Waals surface area contributed by atoms with Crippen molar-refractivity contribution in [1.82, 2.24) is 14.5 Å². The summed E-state index contributed by atoms with van der Waals surface area (Å²) in [7, 11) is 3.15. The molecular weight excluding hydrogens is 428 g/mol. The molecule has 5 N–H and O–H groups in total. The summed E-state index contributed by atoms with van der Waals surface area (Å²) in [6.07, 6.45) is 2.33. The SMILES string of the molecule is COc1cc2ncn(-c3ccc(C(N)=O)c(NCC[C@H](N)c4ccsc4)n3)c2cc1OC. The number of nitrogens with one attached hydrogen (secondary N) is 1. The van der Waals surface area contributed by atoms with Gasteiger partial charge < -0.3 is 26.3 Å². The Morgan fingerprint density at radius 1 is 1.22 bits per heavy atom. The number of imidazole rings is 1. The molecule has 1 aromatic carbocycles. The molecule has 0 aliphatic heterocycles. The van der Waals surface area contributed by atoms with Crippen molar-refractivity contribution in [2.24, 2.45) is 11.5 Å². The molecule has 0 bridgehead atoms. The number of ether oxygens (including phenoxy) is 2. The predicted molar refractivity (Wildman–Crippen MR) is 125 cm³/mol. The molecule has 3 aromatic heterocycles. The van der Waals surface area contributed by atoms with Gasteiger partial charge in [0.2, 0.25) is 0 Å². The Balaban J connectivity index is 1.63. The van der Waals surface area contributed by atoms with E-state index in [1.807, 2.05) is 27.5 Å². The molecular formula is C22H24N6O3S. The summed E-state index contributed by atoms with van der Waals surface area (Å²) in [5, 5.41) is 7.24. The standard InChI is InChI=1S/C22H24N6O3S/c1-30-18-9-16-17(10-19(18)31-2)28(12-26-16)20-4-3-14(21(24)29)22(27-20)25-7-5-15(23)13-6-8-32-11-13/h3-4,6,8-12,15H,5,7,23H2,1-2H3,(H2,24,29)(H,25,27)/t15-/m0/s1. The van der Waals surface area contributed by atoms with Gasteiger partial charge in [0.1, 0.15) is 18.0 Å². The maximum Gasteiger partial charge on any atom is 0.252 e. The fourth-order valence-electron chi connectivity index (χ4n) is 3.43. The number of carbonyl (C=O) groups excluding carboxylic acids is 1. The molecule has 32 heavy (non-hydrogen) atoms. The Morgan fingerprint density at radius 2 is 2.00 bits per heavy atom. The Bertz CT molecular complexity index is 1240. The third-order valence-electron chi connectivity index (χ3n) is 5.16. The molecule has 1 atom stereocenters. The van der Waals surface area contributed by atoms with Crippen molar-refractivity contribution >= 4 is 34.1 Å². The van der Waals surface area contributed by atoms with Crippen LogP contribution in [0.25, 0.3) is 16.9 Å². The maximum atomic E-state index is 11.9. The molecule has 0 spiro atoms. The quantitative estimate of drug-likeness (QED) is 0.356. The number of carbonyl (C=O) groups is 1. The van der Waals surface area contributed by atoms with Gasteiger partial charge in [-0.05, 0) is 40.9 Å². The van der Waals surface area contributed by atoms with Crippen molar-refractivity contribution in [3.05, 3.63) is 58.5 Å². The van der Waals surface area contributed by atoms with Crippen molar-refractivity contribution in [2.75, 3.05) is 26.1 Å². The van der Waals surface area contributed by atoms with E-state index < -0.39 is 5.91 Å². The van der Waals surface area contributed by atoms with Crippen LogP contribution in [-0.4, -0.2) is 41.2 Å². The fourth-order valence-corrected chi connectivity index (χ4v) is 4.16. The minimum atomic E-state index is -0.560. The van der Waals surface area contributed by atoms with Gasteiger partial charge in [-0.2, -0.15) is 11.3 Å². The van der Waals surface area contributed by atoms with E-state index >= 15 is 0 Å². The van der Waals surface area contributed by atoms with Gasteiger partial charge in [0, 0.05) is 24.7 Å². The fraction of sp³-hybridized carbons (Fsp3) is 0.227. The molecule has 166 valence electrons. The number of nitrogens with two attached hydrogens (primary N) is 2. The minimum absolute atomic E-state index is 0.103. The number of amides is 1. The first-order valence-corrected chi connectivity index (χ1v) is 10.9. The molecule has 3 heterocycles. The number of nitrogens with zero attached hydrogens (tertiary/aromatic N) is 3. The first kappa shape index (κ1) is 21.6. The average Bonchev–Trinajstić information content (AvgIpc) is 3.47. The van der Waals surface area contributed by atoms with Gasteiger partial charge in [-0.25, -0.2) is 9.97 Å². The Morgan fingerprint density at radius 3 is 2.69 bits per heavy atom. The monoisotopic (exact) mass is 452 g/mol. The van der Waals surface area contributed by atoms with Crippen LogP contribution in [0.4, 0.5) is 5.82 Å². The first-order chi connectivity index (χ1) is 15.5. The summed E-state index contributed by atoms with van der Waals surface area (Å²) in [6, 6.07) is 8.91. The predicted octanol–water partition coefficient (Wildman–Crippen LogP) is 3.10. The molecule has 0 fully saturated rings. The van der Waals surface area contributed by atoms with Gasteiger partial charge >= 0.3 is 0 Å². The van der Waals surface area contributed by atoms with E-state index in [0.29, 0.717) is 41.7 Å². The second kappa shape index (κ2) is 9.25. The van der Waals surface area contributed by atoms with Crippen LogP contribution in [0, 0.1) is 0 Å². The average molecular weight is 453 g/mol. The molecule has 0 aliphatic rings. The molecule has 1 amide bonds. The van der Waals surface area contributed by atoms with Crippen LogP contribution in [0.3, 0.4) is 0 Å². The van der Waals surface area contributed by atoms with Crippen molar-refractivity contribution in [3.8, 4) is 17.3 Å². The third kappa shape index (κ3) is 4.23. The highest BCUT2D eigenvalue weighted by Crippen LogP contribution is 2.32. The topological polar surface area (TPSA) is 130 Å². The largest absolute Gasteiger partial charge is 0.493 e. The lowest BCUT2D eigenvalue weighted by Crippen LogP contribution is -2.19. The van der Waals surface area contributed by atoms with E-state index in [1.165, 1.54) is 0 Å². The molecule has 0 unspecified atom stereocenters. The lowest BCUT2D eigenvalue weighted by molar-refractivity contribution is 0.100. The van der Waals surface area contributed by atoms with Crippen LogP contribution in [-0.2, 0) is 0 Å². The smallest absolute Gasteiger partial charge is 0.252 e. The highest BCUT2D eigenvalue weighted by Gasteiger charge is 2.16. The van der Waals surface area contributed by atoms with E-state index in [2.05, 4.69) is 15.3 Å². The molecule has 0 saturated carbocycles. The number of primary amides is 1. The number of pyridine rings is 1.